The Morgan fingerprint density at radius 1 is 1.14 bits per heavy atom. The van der Waals surface area contributed by atoms with Gasteiger partial charge in [0.25, 0.3) is 0 Å². The van der Waals surface area contributed by atoms with E-state index in [4.69, 9.17) is 4.74 Å². The molecule has 3 rings (SSSR count). The summed E-state index contributed by atoms with van der Waals surface area (Å²) in [4.78, 5) is 16.9. The molecule has 0 aromatic heterocycles. The summed E-state index contributed by atoms with van der Waals surface area (Å²) in [6, 6.07) is 16.5. The van der Waals surface area contributed by atoms with E-state index in [1.54, 1.807) is 7.11 Å². The van der Waals surface area contributed by atoms with Crippen LogP contribution in [0.15, 0.2) is 48.5 Å². The normalized spacial score (nSPS) is 14.8. The zero-order valence-electron chi connectivity index (χ0n) is 17.9. The van der Waals surface area contributed by atoms with Gasteiger partial charge in [0.2, 0.25) is 0 Å². The standard InChI is InChI=1S/C24H33N3O2/c1-26(2)15-7-10-21-18-22(11-12-23(21)29-3)25-24(28)27-16-13-20(14-17-27)19-8-5-4-6-9-19/h4-6,8-9,11-12,18,20H,7,10,13-17H2,1-3H3,(H,25,28). The van der Waals surface area contributed by atoms with Crippen molar-refractivity contribution in [1.82, 2.24) is 9.80 Å². The van der Waals surface area contributed by atoms with Gasteiger partial charge in [-0.1, -0.05) is 30.3 Å². The molecular weight excluding hydrogens is 362 g/mol. The van der Waals surface area contributed by atoms with Crippen molar-refractivity contribution in [1.29, 1.82) is 0 Å². The maximum Gasteiger partial charge on any atom is 0.321 e. The van der Waals surface area contributed by atoms with Crippen molar-refractivity contribution >= 4 is 11.7 Å². The molecule has 5 heteroatoms. The SMILES string of the molecule is COc1ccc(NC(=O)N2CCC(c3ccccc3)CC2)cc1CCCN(C)C. The van der Waals surface area contributed by atoms with Gasteiger partial charge in [-0.3, -0.25) is 0 Å². The van der Waals surface area contributed by atoms with Crippen LogP contribution in [0.25, 0.3) is 0 Å². The Kier molecular flexibility index (Phi) is 7.53. The Morgan fingerprint density at radius 3 is 2.52 bits per heavy atom. The highest BCUT2D eigenvalue weighted by Gasteiger charge is 2.23. The van der Waals surface area contributed by atoms with Crippen LogP contribution >= 0.6 is 0 Å². The van der Waals surface area contributed by atoms with Crippen molar-refractivity contribution < 1.29 is 9.53 Å². The van der Waals surface area contributed by atoms with Gasteiger partial charge in [0.1, 0.15) is 5.75 Å². The van der Waals surface area contributed by atoms with Crippen LogP contribution in [0.1, 0.15) is 36.3 Å². The molecule has 1 heterocycles. The fourth-order valence-corrected chi connectivity index (χ4v) is 3.98. The van der Waals surface area contributed by atoms with E-state index >= 15 is 0 Å². The molecule has 1 aliphatic heterocycles. The largest absolute Gasteiger partial charge is 0.496 e. The molecule has 2 amide bonds. The lowest BCUT2D eigenvalue weighted by molar-refractivity contribution is 0.194. The first-order valence-electron chi connectivity index (χ1n) is 10.5. The number of piperidine rings is 1. The first kappa shape index (κ1) is 21.2. The number of amides is 2. The maximum atomic E-state index is 12.8. The number of aryl methyl sites for hydroxylation is 1. The molecule has 29 heavy (non-hydrogen) atoms. The summed E-state index contributed by atoms with van der Waals surface area (Å²) in [6.45, 7) is 2.60. The number of carbonyl (C=O) groups is 1. The van der Waals surface area contributed by atoms with Crippen LogP contribution in [0.5, 0.6) is 5.75 Å². The topological polar surface area (TPSA) is 44.8 Å². The Balaban J connectivity index is 1.56. The van der Waals surface area contributed by atoms with Crippen molar-refractivity contribution in [2.45, 2.75) is 31.6 Å². The molecule has 2 aromatic carbocycles. The number of benzene rings is 2. The van der Waals surface area contributed by atoms with Crippen LogP contribution in [0.3, 0.4) is 0 Å². The number of nitrogens with zero attached hydrogens (tertiary/aromatic N) is 2. The van der Waals surface area contributed by atoms with Crippen LogP contribution in [-0.2, 0) is 6.42 Å². The van der Waals surface area contributed by atoms with Gasteiger partial charge < -0.3 is 19.9 Å². The van der Waals surface area contributed by atoms with Gasteiger partial charge in [-0.05, 0) is 81.6 Å². The molecule has 2 aromatic rings. The zero-order valence-corrected chi connectivity index (χ0v) is 17.9. The second kappa shape index (κ2) is 10.3. The summed E-state index contributed by atoms with van der Waals surface area (Å²) in [5.41, 5.74) is 3.35. The summed E-state index contributed by atoms with van der Waals surface area (Å²) >= 11 is 0. The van der Waals surface area contributed by atoms with Crippen molar-refractivity contribution in [3.05, 3.63) is 59.7 Å². The fourth-order valence-electron chi connectivity index (χ4n) is 3.98. The number of urea groups is 1. The van der Waals surface area contributed by atoms with Crippen molar-refractivity contribution in [2.75, 3.05) is 46.2 Å². The van der Waals surface area contributed by atoms with E-state index in [-0.39, 0.29) is 6.03 Å². The Hall–Kier alpha value is -2.53. The lowest BCUT2D eigenvalue weighted by Gasteiger charge is -2.32. The highest BCUT2D eigenvalue weighted by molar-refractivity contribution is 5.89. The van der Waals surface area contributed by atoms with E-state index in [2.05, 4.69) is 54.6 Å². The monoisotopic (exact) mass is 395 g/mol. The molecule has 0 radical (unpaired) electrons. The van der Waals surface area contributed by atoms with E-state index in [9.17, 15) is 4.79 Å². The second-order valence-electron chi connectivity index (χ2n) is 8.04. The molecule has 1 aliphatic rings. The van der Waals surface area contributed by atoms with E-state index in [0.717, 1.165) is 62.3 Å². The number of hydrogen-bond donors (Lipinski definition) is 1. The molecule has 5 nitrogen and oxygen atoms in total. The lowest BCUT2D eigenvalue weighted by Crippen LogP contribution is -2.40. The molecule has 0 atom stereocenters. The summed E-state index contributed by atoms with van der Waals surface area (Å²) in [5, 5.41) is 3.08. The van der Waals surface area contributed by atoms with Crippen LogP contribution in [-0.4, -0.2) is 56.7 Å². The van der Waals surface area contributed by atoms with Gasteiger partial charge >= 0.3 is 6.03 Å². The Bertz CT molecular complexity index is 784. The quantitative estimate of drug-likeness (QED) is 0.745. The van der Waals surface area contributed by atoms with Crippen molar-refractivity contribution in [2.24, 2.45) is 0 Å². The highest BCUT2D eigenvalue weighted by atomic mass is 16.5. The van der Waals surface area contributed by atoms with Crippen LogP contribution < -0.4 is 10.1 Å². The number of likely N-dealkylation sites (tertiary alicyclic amines) is 1. The van der Waals surface area contributed by atoms with E-state index in [0.29, 0.717) is 5.92 Å². The minimum Gasteiger partial charge on any atom is -0.496 e. The van der Waals surface area contributed by atoms with Gasteiger partial charge in [0.05, 0.1) is 7.11 Å². The summed E-state index contributed by atoms with van der Waals surface area (Å²) in [6.07, 6.45) is 3.99. The number of ether oxygens (including phenoxy) is 1. The number of anilines is 1. The number of rotatable bonds is 7. The molecule has 0 saturated carbocycles. The first-order valence-corrected chi connectivity index (χ1v) is 10.5. The number of hydrogen-bond acceptors (Lipinski definition) is 3. The van der Waals surface area contributed by atoms with E-state index in [1.807, 2.05) is 23.1 Å². The summed E-state index contributed by atoms with van der Waals surface area (Å²) in [5.74, 6) is 1.43. The summed E-state index contributed by atoms with van der Waals surface area (Å²) in [7, 11) is 5.85. The second-order valence-corrected chi connectivity index (χ2v) is 8.04. The van der Waals surface area contributed by atoms with Gasteiger partial charge in [-0.15, -0.1) is 0 Å². The molecule has 1 saturated heterocycles. The molecular formula is C24H33N3O2. The third kappa shape index (κ3) is 5.97. The molecule has 0 aliphatic carbocycles. The fraction of sp³-hybridized carbons (Fsp3) is 0.458. The molecule has 0 spiro atoms. The van der Waals surface area contributed by atoms with Crippen molar-refractivity contribution in [3.63, 3.8) is 0 Å². The van der Waals surface area contributed by atoms with Gasteiger partial charge in [0.15, 0.2) is 0 Å². The van der Waals surface area contributed by atoms with E-state index < -0.39 is 0 Å². The molecule has 0 bridgehead atoms. The van der Waals surface area contributed by atoms with Crippen molar-refractivity contribution in [3.8, 4) is 5.75 Å². The van der Waals surface area contributed by atoms with E-state index in [1.165, 1.54) is 5.56 Å². The minimum absolute atomic E-state index is 0.0130. The van der Waals surface area contributed by atoms with Gasteiger partial charge in [-0.2, -0.15) is 0 Å². The third-order valence-electron chi connectivity index (χ3n) is 5.64. The Labute approximate surface area is 174 Å². The predicted molar refractivity (Wildman–Crippen MR) is 119 cm³/mol. The highest BCUT2D eigenvalue weighted by Crippen LogP contribution is 2.29. The average Bonchev–Trinajstić information content (AvgIpc) is 2.74. The predicted octanol–water partition coefficient (Wildman–Crippen LogP) is 4.60. The number of methoxy groups -OCH3 is 1. The third-order valence-corrected chi connectivity index (χ3v) is 5.64. The molecule has 1 fully saturated rings. The summed E-state index contributed by atoms with van der Waals surface area (Å²) < 4.78 is 5.50. The molecule has 1 N–H and O–H groups in total. The number of nitrogens with one attached hydrogen (secondary N) is 1. The van der Waals surface area contributed by atoms with Crippen LogP contribution in [0.2, 0.25) is 0 Å². The average molecular weight is 396 g/mol. The van der Waals surface area contributed by atoms with Crippen LogP contribution in [0.4, 0.5) is 10.5 Å². The van der Waals surface area contributed by atoms with Gasteiger partial charge in [-0.25, -0.2) is 4.79 Å². The Morgan fingerprint density at radius 2 is 1.86 bits per heavy atom. The molecule has 156 valence electrons. The minimum atomic E-state index is -0.0130. The zero-order chi connectivity index (χ0) is 20.6. The first-order chi connectivity index (χ1) is 14.1. The smallest absolute Gasteiger partial charge is 0.321 e. The van der Waals surface area contributed by atoms with Gasteiger partial charge in [0, 0.05) is 18.8 Å². The number of carbonyl (C=O) groups excluding carboxylic acids is 1. The maximum absolute atomic E-state index is 12.8. The van der Waals surface area contributed by atoms with Crippen LogP contribution in [0, 0.1) is 0 Å². The molecule has 0 unspecified atom stereocenters. The lowest BCUT2D eigenvalue weighted by atomic mass is 9.90.